The van der Waals surface area contributed by atoms with Gasteiger partial charge in [-0.15, -0.1) is 0 Å². The third-order valence-electron chi connectivity index (χ3n) is 5.34. The monoisotopic (exact) mass is 451 g/mol. The van der Waals surface area contributed by atoms with Crippen molar-refractivity contribution in [2.24, 2.45) is 0 Å². The van der Waals surface area contributed by atoms with E-state index in [-0.39, 0.29) is 6.04 Å². The number of nitrogens with zero attached hydrogens (tertiary/aromatic N) is 1. The number of hydrogen-bond donors (Lipinski definition) is 2. The van der Waals surface area contributed by atoms with E-state index in [1.807, 2.05) is 30.3 Å². The minimum Gasteiger partial charge on any atom is -0.489 e. The molecule has 2 aliphatic rings. The lowest BCUT2D eigenvalue weighted by molar-refractivity contribution is -0.330. The maximum absolute atomic E-state index is 8.74. The smallest absolute Gasteiger partial charge is 0.394 e. The van der Waals surface area contributed by atoms with E-state index in [1.54, 1.807) is 0 Å². The highest BCUT2D eigenvalue weighted by Gasteiger charge is 2.50. The summed E-state index contributed by atoms with van der Waals surface area (Å²) >= 11 is 0. The number of fused-ring (bicyclic) bond motifs is 2. The number of hydrogen-bond acceptors (Lipinski definition) is 6. The summed E-state index contributed by atoms with van der Waals surface area (Å²) in [6.07, 6.45) is 2.19. The number of rotatable bonds is 6. The van der Waals surface area contributed by atoms with Gasteiger partial charge in [0.25, 0.3) is 0 Å². The van der Waals surface area contributed by atoms with Crippen molar-refractivity contribution in [3.8, 4) is 5.75 Å². The highest BCUT2D eigenvalue weighted by atomic mass is 32.3. The number of ether oxygens (including phenoxy) is 3. The molecule has 1 atom stereocenters. The first-order valence-electron chi connectivity index (χ1n) is 10.3. The van der Waals surface area contributed by atoms with Crippen LogP contribution in [0.5, 0.6) is 5.75 Å². The van der Waals surface area contributed by atoms with Crippen LogP contribution in [-0.2, 0) is 32.3 Å². The van der Waals surface area contributed by atoms with Crippen LogP contribution in [-0.4, -0.2) is 54.8 Å². The average Bonchev–Trinajstić information content (AvgIpc) is 2.73. The van der Waals surface area contributed by atoms with Crippen LogP contribution < -0.4 is 4.74 Å². The van der Waals surface area contributed by atoms with Gasteiger partial charge < -0.3 is 14.2 Å². The van der Waals surface area contributed by atoms with Gasteiger partial charge in [0.1, 0.15) is 12.4 Å². The minimum absolute atomic E-state index is 0.283. The van der Waals surface area contributed by atoms with E-state index in [0.29, 0.717) is 19.8 Å². The van der Waals surface area contributed by atoms with E-state index in [9.17, 15) is 0 Å². The SMILES string of the molecule is CCCC1N2CCOC1(c1ccc(OCc3ccccc3)cc1)OCC2.O=S(=O)(O)O. The third-order valence-corrected chi connectivity index (χ3v) is 5.34. The molecule has 2 bridgehead atoms. The maximum Gasteiger partial charge on any atom is 0.394 e. The van der Waals surface area contributed by atoms with Gasteiger partial charge in [-0.05, 0) is 36.2 Å². The lowest BCUT2D eigenvalue weighted by Gasteiger charge is -2.53. The highest BCUT2D eigenvalue weighted by molar-refractivity contribution is 7.79. The molecule has 2 aromatic carbocycles. The first kappa shape index (κ1) is 23.6. The van der Waals surface area contributed by atoms with E-state index >= 15 is 0 Å². The van der Waals surface area contributed by atoms with Crippen LogP contribution in [0.3, 0.4) is 0 Å². The van der Waals surface area contributed by atoms with Crippen LogP contribution >= 0.6 is 0 Å². The lowest BCUT2D eigenvalue weighted by atomic mass is 9.90. The second-order valence-electron chi connectivity index (χ2n) is 7.45. The van der Waals surface area contributed by atoms with Gasteiger partial charge in [-0.2, -0.15) is 8.42 Å². The maximum atomic E-state index is 8.74. The molecule has 0 spiro atoms. The molecule has 9 heteroatoms. The van der Waals surface area contributed by atoms with Crippen LogP contribution in [0.15, 0.2) is 54.6 Å². The van der Waals surface area contributed by atoms with Gasteiger partial charge in [-0.3, -0.25) is 14.0 Å². The number of benzene rings is 2. The Balaban J connectivity index is 0.000000491. The topological polar surface area (TPSA) is 106 Å². The number of morpholine rings is 2. The molecular weight excluding hydrogens is 422 g/mol. The summed E-state index contributed by atoms with van der Waals surface area (Å²) in [5.41, 5.74) is 2.26. The summed E-state index contributed by atoms with van der Waals surface area (Å²) in [4.78, 5) is 2.52. The second kappa shape index (κ2) is 10.5. The zero-order chi connectivity index (χ0) is 22.3. The molecule has 1 unspecified atom stereocenters. The molecule has 31 heavy (non-hydrogen) atoms. The Bertz CT molecular complexity index is 901. The fourth-order valence-electron chi connectivity index (χ4n) is 4.06. The molecule has 0 radical (unpaired) electrons. The van der Waals surface area contributed by atoms with Crippen molar-refractivity contribution < 1.29 is 31.7 Å². The van der Waals surface area contributed by atoms with Gasteiger partial charge in [0.05, 0.1) is 19.3 Å². The Morgan fingerprint density at radius 2 is 1.61 bits per heavy atom. The van der Waals surface area contributed by atoms with Crippen LogP contribution in [0.4, 0.5) is 0 Å². The van der Waals surface area contributed by atoms with Crippen molar-refractivity contribution in [2.45, 2.75) is 38.2 Å². The molecule has 2 saturated heterocycles. The lowest BCUT2D eigenvalue weighted by Crippen LogP contribution is -2.63. The van der Waals surface area contributed by atoms with Crippen molar-refractivity contribution in [3.63, 3.8) is 0 Å². The van der Waals surface area contributed by atoms with Gasteiger partial charge in [0.2, 0.25) is 5.79 Å². The molecule has 170 valence electrons. The van der Waals surface area contributed by atoms with E-state index in [4.69, 9.17) is 31.7 Å². The third kappa shape index (κ3) is 6.49. The Morgan fingerprint density at radius 3 is 2.16 bits per heavy atom. The largest absolute Gasteiger partial charge is 0.489 e. The molecule has 2 N–H and O–H groups in total. The van der Waals surface area contributed by atoms with Gasteiger partial charge in [0.15, 0.2) is 0 Å². The average molecular weight is 452 g/mol. The van der Waals surface area contributed by atoms with Gasteiger partial charge in [-0.1, -0.05) is 43.7 Å². The summed E-state index contributed by atoms with van der Waals surface area (Å²) in [5, 5.41) is 0. The highest BCUT2D eigenvalue weighted by Crippen LogP contribution is 2.41. The first-order chi connectivity index (χ1) is 14.8. The van der Waals surface area contributed by atoms with Crippen LogP contribution in [0.25, 0.3) is 0 Å². The zero-order valence-electron chi connectivity index (χ0n) is 17.5. The molecule has 0 saturated carbocycles. The molecule has 0 amide bonds. The van der Waals surface area contributed by atoms with Crippen molar-refractivity contribution in [2.75, 3.05) is 26.3 Å². The summed E-state index contributed by atoms with van der Waals surface area (Å²) in [6.45, 7) is 6.21. The van der Waals surface area contributed by atoms with Crippen LogP contribution in [0, 0.1) is 0 Å². The van der Waals surface area contributed by atoms with Crippen LogP contribution in [0.1, 0.15) is 30.9 Å². The van der Waals surface area contributed by atoms with E-state index in [2.05, 4.69) is 36.1 Å². The van der Waals surface area contributed by atoms with Crippen molar-refractivity contribution in [3.05, 3.63) is 65.7 Å². The summed E-state index contributed by atoms with van der Waals surface area (Å²) in [6, 6.07) is 18.7. The predicted molar refractivity (Wildman–Crippen MR) is 115 cm³/mol. The molecule has 4 rings (SSSR count). The Hall–Kier alpha value is -2.01. The fourth-order valence-corrected chi connectivity index (χ4v) is 4.06. The van der Waals surface area contributed by atoms with E-state index in [1.165, 1.54) is 5.56 Å². The molecule has 2 heterocycles. The van der Waals surface area contributed by atoms with Crippen LogP contribution in [0.2, 0.25) is 0 Å². The molecule has 0 aromatic heterocycles. The van der Waals surface area contributed by atoms with Gasteiger partial charge >= 0.3 is 10.4 Å². The molecule has 0 aliphatic carbocycles. The molecule has 2 aromatic rings. The minimum atomic E-state index is -4.67. The van der Waals surface area contributed by atoms with E-state index < -0.39 is 16.2 Å². The Morgan fingerprint density at radius 1 is 1.03 bits per heavy atom. The fraction of sp³-hybridized carbons (Fsp3) is 0.455. The molecule has 2 aliphatic heterocycles. The van der Waals surface area contributed by atoms with E-state index in [0.717, 1.165) is 37.2 Å². The predicted octanol–water partition coefficient (Wildman–Crippen LogP) is 3.30. The second-order valence-corrected chi connectivity index (χ2v) is 8.35. The summed E-state index contributed by atoms with van der Waals surface area (Å²) in [5.74, 6) is 0.231. The van der Waals surface area contributed by atoms with Gasteiger partial charge in [0, 0.05) is 18.7 Å². The molecule has 2 fully saturated rings. The van der Waals surface area contributed by atoms with Crippen molar-refractivity contribution in [1.29, 1.82) is 0 Å². The molecule has 8 nitrogen and oxygen atoms in total. The first-order valence-corrected chi connectivity index (χ1v) is 11.7. The quantitative estimate of drug-likeness (QED) is 0.645. The summed E-state index contributed by atoms with van der Waals surface area (Å²) < 4.78 is 50.0. The standard InChI is InChI=1S/C22H27NO3.H2O4S/c1-2-6-21-22(25-15-13-23(21)14-16-26-22)19-9-11-20(12-10-19)24-17-18-7-4-3-5-8-18;1-5(2,3)4/h3-5,7-12,21H,2,6,13-17H2,1H3;(H2,1,2,3,4). The van der Waals surface area contributed by atoms with Gasteiger partial charge in [-0.25, -0.2) is 0 Å². The van der Waals surface area contributed by atoms with Crippen molar-refractivity contribution >= 4 is 10.4 Å². The summed E-state index contributed by atoms with van der Waals surface area (Å²) in [7, 11) is -4.67. The zero-order valence-corrected chi connectivity index (χ0v) is 18.3. The Kier molecular flexibility index (Phi) is 8.04. The van der Waals surface area contributed by atoms with Crippen molar-refractivity contribution in [1.82, 2.24) is 4.90 Å². The molecular formula is C22H29NO7S. The Labute approximate surface area is 183 Å². The normalized spacial score (nSPS) is 25.3.